The number of amides is 3. The van der Waals surface area contributed by atoms with Crippen molar-refractivity contribution in [2.75, 3.05) is 18.5 Å². The summed E-state index contributed by atoms with van der Waals surface area (Å²) < 4.78 is 0. The minimum atomic E-state index is -0.293. The summed E-state index contributed by atoms with van der Waals surface area (Å²) in [5.41, 5.74) is 0.758. The SMILES string of the molecule is CN1C(=O)CCN(c2ccc(Cl)cc2)C1=O. The molecule has 0 aromatic heterocycles. The number of rotatable bonds is 1. The molecule has 1 aliphatic heterocycles. The molecule has 5 heteroatoms. The van der Waals surface area contributed by atoms with Crippen LogP contribution < -0.4 is 4.90 Å². The maximum absolute atomic E-state index is 11.8. The monoisotopic (exact) mass is 238 g/mol. The summed E-state index contributed by atoms with van der Waals surface area (Å²) in [6.07, 6.45) is 0.352. The first-order chi connectivity index (χ1) is 7.59. The third kappa shape index (κ3) is 1.88. The molecule has 0 saturated carbocycles. The Morgan fingerprint density at radius 1 is 1.19 bits per heavy atom. The first-order valence-corrected chi connectivity index (χ1v) is 5.31. The molecule has 0 aliphatic carbocycles. The molecule has 0 spiro atoms. The normalized spacial score (nSPS) is 16.9. The van der Waals surface area contributed by atoms with Crippen molar-refractivity contribution in [2.45, 2.75) is 6.42 Å². The average Bonchev–Trinajstić information content (AvgIpc) is 2.28. The first kappa shape index (κ1) is 11.0. The number of nitrogens with zero attached hydrogens (tertiary/aromatic N) is 2. The van der Waals surface area contributed by atoms with E-state index >= 15 is 0 Å². The highest BCUT2D eigenvalue weighted by Crippen LogP contribution is 2.21. The highest BCUT2D eigenvalue weighted by Gasteiger charge is 2.29. The van der Waals surface area contributed by atoms with Gasteiger partial charge in [-0.15, -0.1) is 0 Å². The van der Waals surface area contributed by atoms with Crippen molar-refractivity contribution in [3.63, 3.8) is 0 Å². The van der Waals surface area contributed by atoms with Crippen molar-refractivity contribution < 1.29 is 9.59 Å². The Kier molecular flexibility index (Phi) is 2.83. The van der Waals surface area contributed by atoms with E-state index in [0.717, 1.165) is 10.6 Å². The van der Waals surface area contributed by atoms with Gasteiger partial charge in [0.2, 0.25) is 5.91 Å². The van der Waals surface area contributed by atoms with Gasteiger partial charge in [-0.3, -0.25) is 14.6 Å². The first-order valence-electron chi connectivity index (χ1n) is 4.93. The van der Waals surface area contributed by atoms with Crippen LogP contribution in [0.2, 0.25) is 5.02 Å². The van der Waals surface area contributed by atoms with Gasteiger partial charge in [-0.1, -0.05) is 11.6 Å². The van der Waals surface area contributed by atoms with Crippen LogP contribution in [-0.2, 0) is 4.79 Å². The van der Waals surface area contributed by atoms with E-state index in [2.05, 4.69) is 0 Å². The quantitative estimate of drug-likeness (QED) is 0.752. The van der Waals surface area contributed by atoms with Crippen LogP contribution in [0.1, 0.15) is 6.42 Å². The Bertz CT molecular complexity index is 430. The van der Waals surface area contributed by atoms with Gasteiger partial charge in [-0.25, -0.2) is 4.79 Å². The molecule has 0 atom stereocenters. The fourth-order valence-electron chi connectivity index (χ4n) is 1.62. The van der Waals surface area contributed by atoms with Crippen molar-refractivity contribution in [2.24, 2.45) is 0 Å². The number of halogens is 1. The van der Waals surface area contributed by atoms with E-state index < -0.39 is 0 Å². The zero-order chi connectivity index (χ0) is 11.7. The Morgan fingerprint density at radius 2 is 1.81 bits per heavy atom. The molecular weight excluding hydrogens is 228 g/mol. The summed E-state index contributed by atoms with van der Waals surface area (Å²) in [6, 6.07) is 6.69. The second-order valence-corrected chi connectivity index (χ2v) is 4.05. The number of imide groups is 1. The molecule has 0 N–H and O–H groups in total. The highest BCUT2D eigenvalue weighted by molar-refractivity contribution is 6.30. The van der Waals surface area contributed by atoms with Crippen molar-refractivity contribution in [3.8, 4) is 0 Å². The molecule has 1 aliphatic rings. The van der Waals surface area contributed by atoms with Crippen LogP contribution >= 0.6 is 11.6 Å². The zero-order valence-electron chi connectivity index (χ0n) is 8.81. The molecule has 0 unspecified atom stereocenters. The van der Waals surface area contributed by atoms with Gasteiger partial charge < -0.3 is 0 Å². The van der Waals surface area contributed by atoms with Crippen molar-refractivity contribution in [3.05, 3.63) is 29.3 Å². The number of carbonyl (C=O) groups excluding carboxylic acids is 2. The molecule has 0 radical (unpaired) electrons. The Labute approximate surface area is 98.4 Å². The molecule has 1 aromatic carbocycles. The van der Waals surface area contributed by atoms with E-state index in [9.17, 15) is 9.59 Å². The largest absolute Gasteiger partial charge is 0.330 e. The van der Waals surface area contributed by atoms with Crippen molar-refractivity contribution >= 4 is 29.2 Å². The molecule has 3 amide bonds. The molecule has 1 saturated heterocycles. The molecule has 1 aromatic rings. The average molecular weight is 239 g/mol. The van der Waals surface area contributed by atoms with Gasteiger partial charge in [0.1, 0.15) is 0 Å². The molecule has 4 nitrogen and oxygen atoms in total. The Hall–Kier alpha value is -1.55. The minimum absolute atomic E-state index is 0.143. The minimum Gasteiger partial charge on any atom is -0.293 e. The number of hydrogen-bond donors (Lipinski definition) is 0. The number of benzene rings is 1. The van der Waals surface area contributed by atoms with Crippen LogP contribution in [0.15, 0.2) is 24.3 Å². The molecular formula is C11H11ClN2O2. The van der Waals surface area contributed by atoms with Gasteiger partial charge in [0.15, 0.2) is 0 Å². The molecule has 2 rings (SSSR count). The predicted molar refractivity (Wildman–Crippen MR) is 61.6 cm³/mol. The lowest BCUT2D eigenvalue weighted by molar-refractivity contribution is -0.127. The van der Waals surface area contributed by atoms with Crippen LogP contribution in [0, 0.1) is 0 Å². The molecule has 84 valence electrons. The highest BCUT2D eigenvalue weighted by atomic mass is 35.5. The summed E-state index contributed by atoms with van der Waals surface area (Å²) in [4.78, 5) is 25.8. The van der Waals surface area contributed by atoms with E-state index in [4.69, 9.17) is 11.6 Å². The number of anilines is 1. The summed E-state index contributed by atoms with van der Waals surface area (Å²) in [5.74, 6) is -0.143. The lowest BCUT2D eigenvalue weighted by atomic mass is 10.2. The van der Waals surface area contributed by atoms with E-state index in [-0.39, 0.29) is 11.9 Å². The van der Waals surface area contributed by atoms with E-state index in [1.807, 2.05) is 0 Å². The molecule has 1 fully saturated rings. The second kappa shape index (κ2) is 4.14. The van der Waals surface area contributed by atoms with Crippen LogP contribution in [0.5, 0.6) is 0 Å². The summed E-state index contributed by atoms with van der Waals surface area (Å²) in [6.45, 7) is 0.420. The summed E-state index contributed by atoms with van der Waals surface area (Å²) in [5, 5.41) is 0.623. The van der Waals surface area contributed by atoms with Crippen LogP contribution in [0.4, 0.5) is 10.5 Å². The van der Waals surface area contributed by atoms with Crippen molar-refractivity contribution in [1.82, 2.24) is 4.90 Å². The summed E-state index contributed by atoms with van der Waals surface area (Å²) >= 11 is 5.77. The number of carbonyl (C=O) groups is 2. The van der Waals surface area contributed by atoms with Crippen LogP contribution in [0.3, 0.4) is 0 Å². The maximum atomic E-state index is 11.8. The van der Waals surface area contributed by atoms with Crippen LogP contribution in [-0.4, -0.2) is 30.4 Å². The fraction of sp³-hybridized carbons (Fsp3) is 0.273. The lowest BCUT2D eigenvalue weighted by Crippen LogP contribution is -2.50. The van der Waals surface area contributed by atoms with Gasteiger partial charge in [0.05, 0.1) is 0 Å². The smallest absolute Gasteiger partial charge is 0.293 e. The zero-order valence-corrected chi connectivity index (χ0v) is 9.57. The standard InChI is InChI=1S/C11H11ClN2O2/c1-13-10(15)6-7-14(11(13)16)9-4-2-8(12)3-5-9/h2-5H,6-7H2,1H3. The van der Waals surface area contributed by atoms with Crippen LogP contribution in [0.25, 0.3) is 0 Å². The van der Waals surface area contributed by atoms with E-state index in [1.165, 1.54) is 7.05 Å². The van der Waals surface area contributed by atoms with Gasteiger partial charge in [0.25, 0.3) is 0 Å². The number of urea groups is 1. The maximum Gasteiger partial charge on any atom is 0.330 e. The summed E-state index contributed by atoms with van der Waals surface area (Å²) in [7, 11) is 1.49. The Morgan fingerprint density at radius 3 is 2.44 bits per heavy atom. The number of hydrogen-bond acceptors (Lipinski definition) is 2. The van der Waals surface area contributed by atoms with Crippen molar-refractivity contribution in [1.29, 1.82) is 0 Å². The van der Waals surface area contributed by atoms with E-state index in [0.29, 0.717) is 18.0 Å². The van der Waals surface area contributed by atoms with E-state index in [1.54, 1.807) is 29.2 Å². The Balaban J connectivity index is 2.25. The predicted octanol–water partition coefficient (Wildman–Crippen LogP) is 2.13. The second-order valence-electron chi connectivity index (χ2n) is 3.61. The third-order valence-electron chi connectivity index (χ3n) is 2.58. The lowest BCUT2D eigenvalue weighted by Gasteiger charge is -2.31. The van der Waals surface area contributed by atoms with Gasteiger partial charge in [0, 0.05) is 30.7 Å². The topological polar surface area (TPSA) is 40.6 Å². The molecule has 1 heterocycles. The van der Waals surface area contributed by atoms with Gasteiger partial charge in [-0.2, -0.15) is 0 Å². The van der Waals surface area contributed by atoms with Gasteiger partial charge in [-0.05, 0) is 24.3 Å². The molecule has 0 bridgehead atoms. The van der Waals surface area contributed by atoms with Gasteiger partial charge >= 0.3 is 6.03 Å². The fourth-order valence-corrected chi connectivity index (χ4v) is 1.75. The third-order valence-corrected chi connectivity index (χ3v) is 2.83. The molecule has 16 heavy (non-hydrogen) atoms.